The Morgan fingerprint density at radius 3 is 2.68 bits per heavy atom. The maximum absolute atomic E-state index is 5.25. The molecule has 0 aromatic carbocycles. The Morgan fingerprint density at radius 1 is 1.26 bits per heavy atom. The smallest absolute Gasteiger partial charge is 0.122 e. The van der Waals surface area contributed by atoms with E-state index < -0.39 is 0 Å². The second-order valence-electron chi connectivity index (χ2n) is 4.57. The molecule has 0 spiro atoms. The van der Waals surface area contributed by atoms with Gasteiger partial charge in [-0.2, -0.15) is 0 Å². The van der Waals surface area contributed by atoms with Crippen molar-refractivity contribution in [1.82, 2.24) is 15.3 Å². The Morgan fingerprint density at radius 2 is 2.05 bits per heavy atom. The summed E-state index contributed by atoms with van der Waals surface area (Å²) in [4.78, 5) is 8.98. The monoisotopic (exact) mass is 277 g/mol. The highest BCUT2D eigenvalue weighted by molar-refractivity contribution is 7.09. The summed E-state index contributed by atoms with van der Waals surface area (Å²) in [7, 11) is 1.67. The Bertz CT molecular complexity index is 553. The summed E-state index contributed by atoms with van der Waals surface area (Å²) in [5.41, 5.74) is 3.02. The normalized spacial score (nSPS) is 12.4. The molecule has 4 nitrogen and oxygen atoms in total. The minimum absolute atomic E-state index is 0.229. The van der Waals surface area contributed by atoms with Crippen LogP contribution < -0.4 is 10.1 Å². The first-order chi connectivity index (χ1) is 9.08. The lowest BCUT2D eigenvalue weighted by Crippen LogP contribution is -2.18. The molecule has 102 valence electrons. The second kappa shape index (κ2) is 6.12. The average molecular weight is 277 g/mol. The molecule has 0 radical (unpaired) electrons. The zero-order valence-electron chi connectivity index (χ0n) is 11.7. The summed E-state index contributed by atoms with van der Waals surface area (Å²) < 4.78 is 5.25. The molecule has 0 aliphatic heterocycles. The molecule has 1 N–H and O–H groups in total. The van der Waals surface area contributed by atoms with Crippen LogP contribution in [0.5, 0.6) is 5.75 Å². The van der Waals surface area contributed by atoms with E-state index in [2.05, 4.69) is 27.6 Å². The largest absolute Gasteiger partial charge is 0.497 e. The number of nitrogens with zero attached hydrogens (tertiary/aromatic N) is 2. The van der Waals surface area contributed by atoms with Crippen LogP contribution in [0.2, 0.25) is 0 Å². The summed E-state index contributed by atoms with van der Waals surface area (Å²) in [6, 6.07) is 4.11. The minimum atomic E-state index is 0.229. The van der Waals surface area contributed by atoms with Gasteiger partial charge in [0.25, 0.3) is 0 Å². The number of thiazole rings is 1. The van der Waals surface area contributed by atoms with E-state index in [-0.39, 0.29) is 6.04 Å². The van der Waals surface area contributed by atoms with Gasteiger partial charge in [0.05, 0.1) is 18.8 Å². The number of pyridine rings is 1. The molecule has 2 aromatic rings. The molecule has 2 rings (SSSR count). The van der Waals surface area contributed by atoms with Crippen molar-refractivity contribution in [2.24, 2.45) is 0 Å². The quantitative estimate of drug-likeness (QED) is 0.912. The van der Waals surface area contributed by atoms with Gasteiger partial charge in [-0.3, -0.25) is 4.98 Å². The van der Waals surface area contributed by atoms with Gasteiger partial charge in [-0.05, 0) is 20.8 Å². The maximum Gasteiger partial charge on any atom is 0.122 e. The van der Waals surface area contributed by atoms with Crippen LogP contribution in [0, 0.1) is 13.8 Å². The highest BCUT2D eigenvalue weighted by Crippen LogP contribution is 2.18. The van der Waals surface area contributed by atoms with Crippen LogP contribution in [0.25, 0.3) is 0 Å². The van der Waals surface area contributed by atoms with Crippen LogP contribution in [-0.2, 0) is 6.54 Å². The highest BCUT2D eigenvalue weighted by atomic mass is 32.1. The van der Waals surface area contributed by atoms with E-state index in [4.69, 9.17) is 4.74 Å². The van der Waals surface area contributed by atoms with Crippen LogP contribution in [0.15, 0.2) is 17.5 Å². The van der Waals surface area contributed by atoms with Crippen molar-refractivity contribution in [3.8, 4) is 5.75 Å². The minimum Gasteiger partial charge on any atom is -0.497 e. The van der Waals surface area contributed by atoms with E-state index in [1.807, 2.05) is 26.0 Å². The molecule has 2 heterocycles. The van der Waals surface area contributed by atoms with Gasteiger partial charge in [0.1, 0.15) is 10.8 Å². The molecule has 0 saturated carbocycles. The number of methoxy groups -OCH3 is 1. The number of rotatable bonds is 5. The van der Waals surface area contributed by atoms with Crippen LogP contribution >= 0.6 is 11.3 Å². The molecule has 2 aromatic heterocycles. The van der Waals surface area contributed by atoms with Crippen LogP contribution in [0.4, 0.5) is 0 Å². The molecular formula is C14H19N3OS. The zero-order valence-corrected chi connectivity index (χ0v) is 12.5. The van der Waals surface area contributed by atoms with Crippen LogP contribution in [-0.4, -0.2) is 17.1 Å². The van der Waals surface area contributed by atoms with E-state index in [0.717, 1.165) is 27.8 Å². The van der Waals surface area contributed by atoms with Crippen molar-refractivity contribution in [3.05, 3.63) is 39.6 Å². The van der Waals surface area contributed by atoms with Crippen molar-refractivity contribution in [2.45, 2.75) is 33.4 Å². The van der Waals surface area contributed by atoms with E-state index in [1.54, 1.807) is 18.4 Å². The van der Waals surface area contributed by atoms with Crippen molar-refractivity contribution >= 4 is 11.3 Å². The van der Waals surface area contributed by atoms with Gasteiger partial charge in [-0.15, -0.1) is 11.3 Å². The third kappa shape index (κ3) is 3.75. The Labute approximate surface area is 117 Å². The van der Waals surface area contributed by atoms with Crippen molar-refractivity contribution in [1.29, 1.82) is 0 Å². The Kier molecular flexibility index (Phi) is 4.50. The standard InChI is InChI=1S/C14H19N3OS/c1-9-5-13(18-4)6-12(16-9)7-15-11(3)14-17-10(2)8-19-14/h5-6,8,11,15H,7H2,1-4H3. The number of ether oxygens (including phenoxy) is 1. The van der Waals surface area contributed by atoms with Crippen molar-refractivity contribution in [3.63, 3.8) is 0 Å². The van der Waals surface area contributed by atoms with E-state index in [1.165, 1.54) is 0 Å². The third-order valence-electron chi connectivity index (χ3n) is 2.81. The predicted molar refractivity (Wildman–Crippen MR) is 77.6 cm³/mol. The molecule has 5 heteroatoms. The molecule has 0 aliphatic carbocycles. The first-order valence-corrected chi connectivity index (χ1v) is 7.13. The molecule has 1 unspecified atom stereocenters. The summed E-state index contributed by atoms with van der Waals surface area (Å²) in [5.74, 6) is 0.849. The topological polar surface area (TPSA) is 47.0 Å². The molecule has 0 bridgehead atoms. The lowest BCUT2D eigenvalue weighted by Gasteiger charge is -2.12. The number of hydrogen-bond acceptors (Lipinski definition) is 5. The Balaban J connectivity index is 2.00. The predicted octanol–water partition coefficient (Wildman–Crippen LogP) is 3.01. The van der Waals surface area contributed by atoms with Crippen LogP contribution in [0.3, 0.4) is 0 Å². The maximum atomic E-state index is 5.25. The summed E-state index contributed by atoms with van der Waals surface area (Å²) in [6.45, 7) is 6.81. The van der Waals surface area contributed by atoms with E-state index in [0.29, 0.717) is 6.54 Å². The van der Waals surface area contributed by atoms with Gasteiger partial charge >= 0.3 is 0 Å². The van der Waals surface area contributed by atoms with Crippen LogP contribution in [0.1, 0.15) is 35.1 Å². The first-order valence-electron chi connectivity index (χ1n) is 6.25. The molecule has 0 fully saturated rings. The summed E-state index contributed by atoms with van der Waals surface area (Å²) in [6.07, 6.45) is 0. The van der Waals surface area contributed by atoms with Gasteiger partial charge in [-0.1, -0.05) is 0 Å². The fourth-order valence-corrected chi connectivity index (χ4v) is 2.66. The third-order valence-corrected chi connectivity index (χ3v) is 3.96. The fourth-order valence-electron chi connectivity index (χ4n) is 1.83. The number of aromatic nitrogens is 2. The highest BCUT2D eigenvalue weighted by Gasteiger charge is 2.09. The summed E-state index contributed by atoms with van der Waals surface area (Å²) in [5, 5.41) is 6.62. The van der Waals surface area contributed by atoms with Gasteiger partial charge in [0, 0.05) is 35.4 Å². The lowest BCUT2D eigenvalue weighted by atomic mass is 10.2. The SMILES string of the molecule is COc1cc(C)nc(CNC(C)c2nc(C)cs2)c1. The first kappa shape index (κ1) is 14.0. The van der Waals surface area contributed by atoms with Crippen molar-refractivity contribution < 1.29 is 4.74 Å². The number of nitrogens with one attached hydrogen (secondary N) is 1. The van der Waals surface area contributed by atoms with Gasteiger partial charge in [0.2, 0.25) is 0 Å². The fraction of sp³-hybridized carbons (Fsp3) is 0.429. The van der Waals surface area contributed by atoms with E-state index >= 15 is 0 Å². The Hall–Kier alpha value is -1.46. The average Bonchev–Trinajstić information content (AvgIpc) is 2.82. The van der Waals surface area contributed by atoms with Gasteiger partial charge < -0.3 is 10.1 Å². The molecular weight excluding hydrogens is 258 g/mol. The number of hydrogen-bond donors (Lipinski definition) is 1. The summed E-state index contributed by atoms with van der Waals surface area (Å²) >= 11 is 1.68. The lowest BCUT2D eigenvalue weighted by molar-refractivity contribution is 0.412. The second-order valence-corrected chi connectivity index (χ2v) is 5.46. The molecule has 1 atom stereocenters. The van der Waals surface area contributed by atoms with Crippen molar-refractivity contribution in [2.75, 3.05) is 7.11 Å². The number of aryl methyl sites for hydroxylation is 2. The molecule has 0 saturated heterocycles. The molecule has 0 amide bonds. The van der Waals surface area contributed by atoms with Gasteiger partial charge in [0.15, 0.2) is 0 Å². The zero-order chi connectivity index (χ0) is 13.8. The van der Waals surface area contributed by atoms with E-state index in [9.17, 15) is 0 Å². The molecule has 0 aliphatic rings. The molecule has 19 heavy (non-hydrogen) atoms. The van der Waals surface area contributed by atoms with Gasteiger partial charge in [-0.25, -0.2) is 4.98 Å².